The molecule has 0 spiro atoms. The van der Waals surface area contributed by atoms with Crippen LogP contribution >= 0.6 is 0 Å². The Morgan fingerprint density at radius 2 is 1.77 bits per heavy atom. The van der Waals surface area contributed by atoms with Crippen LogP contribution in [0.15, 0.2) is 11.0 Å². The molecule has 1 aromatic heterocycles. The number of aryl methyl sites for hydroxylation is 1. The molecule has 0 aliphatic carbocycles. The third-order valence-electron chi connectivity index (χ3n) is 3.71. The average Bonchev–Trinajstić information content (AvgIpc) is 2.58. The van der Waals surface area contributed by atoms with Gasteiger partial charge < -0.3 is 14.0 Å². The molecular weight excluding hydrogens is 355 g/mol. The second kappa shape index (κ2) is 7.59. The Hall–Kier alpha value is -2.84. The number of hydrogen-bond donors (Lipinski definition) is 0. The molecule has 1 aromatic carbocycles. The lowest BCUT2D eigenvalue weighted by molar-refractivity contribution is -0.141. The summed E-state index contributed by atoms with van der Waals surface area (Å²) in [6.45, 7) is 3.35. The predicted octanol–water partition coefficient (Wildman–Crippen LogP) is 2.47. The molecule has 0 aliphatic rings. The quantitative estimate of drug-likeness (QED) is 0.596. The molecule has 0 fully saturated rings. The van der Waals surface area contributed by atoms with Crippen molar-refractivity contribution in [3.05, 3.63) is 45.0 Å². The first-order valence-electron chi connectivity index (χ1n) is 7.71. The number of ether oxygens (including phenoxy) is 2. The summed E-state index contributed by atoms with van der Waals surface area (Å²) in [4.78, 5) is 35.5. The first kappa shape index (κ1) is 19.5. The molecule has 2 rings (SSSR count). The first-order valence-corrected chi connectivity index (χ1v) is 7.71. The van der Waals surface area contributed by atoms with Crippen molar-refractivity contribution < 1.29 is 32.2 Å². The molecule has 0 saturated carbocycles. The minimum atomic E-state index is -1.74. The fourth-order valence-corrected chi connectivity index (χ4v) is 2.54. The molecule has 0 N–H and O–H groups in total. The standard InChI is InChI=1S/C17H16F3NO5/c1-4-25-17(24)10-7-21(5-6-26-9(3)22)15-11(16(10)23)8(2)12(18)13(19)14(15)20/h7H,4-6H2,1-3H3. The maximum atomic E-state index is 14.3. The molecule has 0 bridgehead atoms. The molecule has 1 heterocycles. The summed E-state index contributed by atoms with van der Waals surface area (Å²) in [5.74, 6) is -6.40. The second-order valence-corrected chi connectivity index (χ2v) is 5.42. The van der Waals surface area contributed by atoms with Crippen molar-refractivity contribution in [2.45, 2.75) is 27.3 Å². The van der Waals surface area contributed by atoms with Crippen molar-refractivity contribution in [3.63, 3.8) is 0 Å². The summed E-state index contributed by atoms with van der Waals surface area (Å²) in [5, 5.41) is -0.477. The van der Waals surface area contributed by atoms with Crippen LogP contribution in [0, 0.1) is 24.4 Å². The van der Waals surface area contributed by atoms with Gasteiger partial charge >= 0.3 is 11.9 Å². The van der Waals surface area contributed by atoms with Crippen LogP contribution in [0.3, 0.4) is 0 Å². The SMILES string of the molecule is CCOC(=O)c1cn(CCOC(C)=O)c2c(F)c(F)c(F)c(C)c2c1=O. The number of esters is 2. The maximum absolute atomic E-state index is 14.3. The number of hydrogen-bond acceptors (Lipinski definition) is 5. The van der Waals surface area contributed by atoms with Gasteiger partial charge in [-0.15, -0.1) is 0 Å². The Balaban J connectivity index is 2.81. The number of nitrogens with zero attached hydrogens (tertiary/aromatic N) is 1. The first-order chi connectivity index (χ1) is 12.2. The zero-order chi connectivity index (χ0) is 19.6. The number of benzene rings is 1. The van der Waals surface area contributed by atoms with Gasteiger partial charge in [-0.2, -0.15) is 0 Å². The number of rotatable bonds is 5. The van der Waals surface area contributed by atoms with Gasteiger partial charge in [-0.1, -0.05) is 0 Å². The van der Waals surface area contributed by atoms with Crippen LogP contribution in [0.1, 0.15) is 29.8 Å². The van der Waals surface area contributed by atoms with Gasteiger partial charge in [-0.3, -0.25) is 9.59 Å². The van der Waals surface area contributed by atoms with Gasteiger partial charge in [0.05, 0.1) is 24.1 Å². The minimum Gasteiger partial charge on any atom is -0.464 e. The Bertz CT molecular complexity index is 952. The molecular formula is C17H16F3NO5. The third kappa shape index (κ3) is 3.42. The summed E-state index contributed by atoms with van der Waals surface area (Å²) >= 11 is 0. The molecule has 6 nitrogen and oxygen atoms in total. The summed E-state index contributed by atoms with van der Waals surface area (Å²) in [6, 6.07) is 0. The number of aromatic nitrogens is 1. The summed E-state index contributed by atoms with van der Waals surface area (Å²) in [6.07, 6.45) is 0.978. The Morgan fingerprint density at radius 3 is 2.35 bits per heavy atom. The molecule has 140 valence electrons. The van der Waals surface area contributed by atoms with E-state index in [4.69, 9.17) is 9.47 Å². The van der Waals surface area contributed by atoms with Crippen LogP contribution in [-0.2, 0) is 20.8 Å². The monoisotopic (exact) mass is 371 g/mol. The van der Waals surface area contributed by atoms with Crippen molar-refractivity contribution >= 4 is 22.8 Å². The minimum absolute atomic E-state index is 0.0190. The van der Waals surface area contributed by atoms with Gasteiger partial charge in [-0.25, -0.2) is 18.0 Å². The van der Waals surface area contributed by atoms with Crippen LogP contribution in [0.4, 0.5) is 13.2 Å². The smallest absolute Gasteiger partial charge is 0.343 e. The number of halogens is 3. The highest BCUT2D eigenvalue weighted by Gasteiger charge is 2.25. The van der Waals surface area contributed by atoms with Crippen molar-refractivity contribution in [1.82, 2.24) is 4.57 Å². The maximum Gasteiger partial charge on any atom is 0.343 e. The van der Waals surface area contributed by atoms with Gasteiger partial charge in [0.1, 0.15) is 12.2 Å². The summed E-state index contributed by atoms with van der Waals surface area (Å²) in [7, 11) is 0. The van der Waals surface area contributed by atoms with Gasteiger partial charge in [0.15, 0.2) is 17.5 Å². The topological polar surface area (TPSA) is 74.6 Å². The van der Waals surface area contributed by atoms with Crippen LogP contribution in [0.5, 0.6) is 0 Å². The van der Waals surface area contributed by atoms with Gasteiger partial charge in [0.2, 0.25) is 5.43 Å². The van der Waals surface area contributed by atoms with Crippen LogP contribution in [0.25, 0.3) is 10.9 Å². The highest BCUT2D eigenvalue weighted by atomic mass is 19.2. The largest absolute Gasteiger partial charge is 0.464 e. The lowest BCUT2D eigenvalue weighted by atomic mass is 10.0. The van der Waals surface area contributed by atoms with Gasteiger partial charge in [0, 0.05) is 18.7 Å². The van der Waals surface area contributed by atoms with Gasteiger partial charge in [0.25, 0.3) is 0 Å². The van der Waals surface area contributed by atoms with E-state index in [1.807, 2.05) is 0 Å². The van der Waals surface area contributed by atoms with Crippen LogP contribution in [-0.4, -0.2) is 29.7 Å². The Kier molecular flexibility index (Phi) is 5.69. The van der Waals surface area contributed by atoms with Gasteiger partial charge in [-0.05, 0) is 13.8 Å². The number of carbonyl (C=O) groups is 2. The van der Waals surface area contributed by atoms with E-state index in [2.05, 4.69) is 0 Å². The second-order valence-electron chi connectivity index (χ2n) is 5.42. The third-order valence-corrected chi connectivity index (χ3v) is 3.71. The Labute approximate surface area is 146 Å². The normalized spacial score (nSPS) is 10.8. The van der Waals surface area contributed by atoms with E-state index in [-0.39, 0.29) is 19.8 Å². The molecule has 0 aliphatic heterocycles. The van der Waals surface area contributed by atoms with Crippen LogP contribution < -0.4 is 5.43 Å². The zero-order valence-corrected chi connectivity index (χ0v) is 14.3. The number of carbonyl (C=O) groups excluding carboxylic acids is 2. The van der Waals surface area contributed by atoms with Crippen molar-refractivity contribution in [3.8, 4) is 0 Å². The fourth-order valence-electron chi connectivity index (χ4n) is 2.54. The highest BCUT2D eigenvalue weighted by Crippen LogP contribution is 2.26. The van der Waals surface area contributed by atoms with E-state index >= 15 is 0 Å². The average molecular weight is 371 g/mol. The Morgan fingerprint density at radius 1 is 1.12 bits per heavy atom. The molecule has 0 unspecified atom stereocenters. The highest BCUT2D eigenvalue weighted by molar-refractivity contribution is 5.95. The molecule has 0 amide bonds. The lowest BCUT2D eigenvalue weighted by Gasteiger charge is -2.16. The van der Waals surface area contributed by atoms with Crippen molar-refractivity contribution in [2.75, 3.05) is 13.2 Å². The summed E-state index contributed by atoms with van der Waals surface area (Å²) in [5.41, 5.74) is -2.39. The molecule has 2 aromatic rings. The van der Waals surface area contributed by atoms with E-state index in [9.17, 15) is 27.6 Å². The van der Waals surface area contributed by atoms with E-state index in [1.165, 1.54) is 6.92 Å². The van der Waals surface area contributed by atoms with E-state index in [0.29, 0.717) is 0 Å². The number of fused-ring (bicyclic) bond motifs is 1. The molecule has 0 atom stereocenters. The number of pyridine rings is 1. The van der Waals surface area contributed by atoms with E-state index < -0.39 is 56.8 Å². The summed E-state index contributed by atoms with van der Waals surface area (Å²) < 4.78 is 52.6. The zero-order valence-electron chi connectivity index (χ0n) is 14.3. The van der Waals surface area contributed by atoms with E-state index in [0.717, 1.165) is 24.6 Å². The molecule has 0 radical (unpaired) electrons. The fraction of sp³-hybridized carbons (Fsp3) is 0.353. The van der Waals surface area contributed by atoms with Crippen molar-refractivity contribution in [2.24, 2.45) is 0 Å². The molecule has 26 heavy (non-hydrogen) atoms. The lowest BCUT2D eigenvalue weighted by Crippen LogP contribution is -2.24. The van der Waals surface area contributed by atoms with Crippen LogP contribution in [0.2, 0.25) is 0 Å². The molecule has 0 saturated heterocycles. The van der Waals surface area contributed by atoms with Crippen molar-refractivity contribution in [1.29, 1.82) is 0 Å². The predicted molar refractivity (Wildman–Crippen MR) is 85.4 cm³/mol. The van der Waals surface area contributed by atoms with E-state index in [1.54, 1.807) is 0 Å². The molecule has 9 heteroatoms.